The van der Waals surface area contributed by atoms with Gasteiger partial charge in [-0.2, -0.15) is 0 Å². The second kappa shape index (κ2) is 39.7. The molecular formula is C56H98N16O13. The van der Waals surface area contributed by atoms with Crippen molar-refractivity contribution in [3.8, 4) is 0 Å². The minimum atomic E-state index is -1.70. The molecule has 85 heavy (non-hydrogen) atoms. The molecule has 1 aliphatic rings. The third kappa shape index (κ3) is 26.9. The van der Waals surface area contributed by atoms with Gasteiger partial charge in [-0.05, 0) is 115 Å². The molecule has 2 rings (SSSR count). The Kier molecular flexibility index (Phi) is 34.6. The predicted octanol–water partition coefficient (Wildman–Crippen LogP) is -5.24. The number of carbonyl (C=O) groups is 11. The van der Waals surface area contributed by atoms with E-state index in [9.17, 15) is 63.0 Å². The molecule has 13 atom stereocenters. The van der Waals surface area contributed by atoms with Crippen LogP contribution in [0.15, 0.2) is 30.3 Å². The molecule has 29 nitrogen and oxygen atoms in total. The summed E-state index contributed by atoms with van der Waals surface area (Å²) in [5, 5.41) is 49.7. The van der Waals surface area contributed by atoms with Crippen molar-refractivity contribution in [2.45, 2.75) is 198 Å². The van der Waals surface area contributed by atoms with Gasteiger partial charge in [0.15, 0.2) is 0 Å². The summed E-state index contributed by atoms with van der Waals surface area (Å²) in [7, 11) is 0. The van der Waals surface area contributed by atoms with Crippen LogP contribution < -0.4 is 87.2 Å². The van der Waals surface area contributed by atoms with E-state index in [1.54, 1.807) is 44.2 Å². The van der Waals surface area contributed by atoms with E-state index in [2.05, 4.69) is 72.3 Å². The fraction of sp³-hybridized carbons (Fsp3) is 0.696. The molecule has 0 aromatic heterocycles. The number of hydrogen-bond acceptors (Lipinski definition) is 18. The third-order valence-electron chi connectivity index (χ3n) is 14.3. The molecule has 1 fully saturated rings. The number of amides is 11. The van der Waals surface area contributed by atoms with E-state index in [0.29, 0.717) is 17.9 Å². The Balaban J connectivity index is 2.67. The summed E-state index contributed by atoms with van der Waals surface area (Å²) < 4.78 is 0. The minimum Gasteiger partial charge on any atom is -0.391 e. The largest absolute Gasteiger partial charge is 0.391 e. The van der Waals surface area contributed by atoms with Gasteiger partial charge in [0.1, 0.15) is 60.4 Å². The van der Waals surface area contributed by atoms with Crippen molar-refractivity contribution in [1.82, 2.24) is 58.5 Å². The lowest BCUT2D eigenvalue weighted by Gasteiger charge is -2.29. The summed E-state index contributed by atoms with van der Waals surface area (Å²) in [4.78, 5) is 154. The molecule has 23 N–H and O–H groups in total. The summed E-state index contributed by atoms with van der Waals surface area (Å²) in [6.45, 7) is 9.00. The quantitative estimate of drug-likeness (QED) is 0.0333. The number of unbranched alkanes of at least 4 members (excludes halogenated alkanes) is 1. The van der Waals surface area contributed by atoms with Crippen molar-refractivity contribution >= 4 is 65.0 Å². The average molecular weight is 1200 g/mol. The molecule has 0 bridgehead atoms. The van der Waals surface area contributed by atoms with E-state index in [1.165, 1.54) is 13.8 Å². The van der Waals surface area contributed by atoms with Crippen LogP contribution in [-0.2, 0) is 59.2 Å². The first-order chi connectivity index (χ1) is 40.3. The van der Waals surface area contributed by atoms with Crippen LogP contribution in [0.5, 0.6) is 0 Å². The summed E-state index contributed by atoms with van der Waals surface area (Å²) in [6, 6.07) is -6.23. The maximum absolute atomic E-state index is 14.5. The van der Waals surface area contributed by atoms with Crippen LogP contribution in [0, 0.1) is 11.8 Å². The SMILES string of the molecule is CCC(C)CCCCC(=O)N[C@@H](CCN)C(=O)N[C@H](C(=O)N[C@@H](CCN)C(=O)NC1CCNC(=O)[C@H](C(C)O)NC(=O)[C@H](CCN)NC(=O)C(CCN)NC(=O)[C@H](CC(C)C)NC(=O)[C@@H](Cc2ccccc2)NC(=O)[C@H](CCN)NC1=O)C(C)O. The predicted molar refractivity (Wildman–Crippen MR) is 316 cm³/mol. The average Bonchev–Trinajstić information content (AvgIpc) is 3.67. The van der Waals surface area contributed by atoms with Gasteiger partial charge in [-0.3, -0.25) is 52.7 Å². The molecule has 11 amide bonds. The number of benzene rings is 1. The van der Waals surface area contributed by atoms with E-state index in [0.717, 1.165) is 19.3 Å². The molecule has 1 aromatic rings. The van der Waals surface area contributed by atoms with E-state index in [-0.39, 0.29) is 90.0 Å². The number of aliphatic hydroxyl groups excluding tert-OH is 2. The van der Waals surface area contributed by atoms with Gasteiger partial charge in [0.25, 0.3) is 0 Å². The van der Waals surface area contributed by atoms with E-state index < -0.39 is 151 Å². The van der Waals surface area contributed by atoms with Gasteiger partial charge in [0.05, 0.1) is 12.2 Å². The molecule has 1 aliphatic heterocycles. The van der Waals surface area contributed by atoms with Gasteiger partial charge in [-0.25, -0.2) is 0 Å². The number of rotatable bonds is 29. The van der Waals surface area contributed by atoms with Crippen LogP contribution >= 0.6 is 0 Å². The molecule has 29 heteroatoms. The van der Waals surface area contributed by atoms with Crippen LogP contribution in [0.2, 0.25) is 0 Å². The molecule has 0 aliphatic carbocycles. The second-order valence-corrected chi connectivity index (χ2v) is 22.0. The Morgan fingerprint density at radius 1 is 0.565 bits per heavy atom. The van der Waals surface area contributed by atoms with Gasteiger partial charge in [0.2, 0.25) is 65.0 Å². The first kappa shape index (κ1) is 74.2. The fourth-order valence-electron chi connectivity index (χ4n) is 9.12. The summed E-state index contributed by atoms with van der Waals surface area (Å²) in [6.07, 6.45) is -1.05. The van der Waals surface area contributed by atoms with Crippen LogP contribution in [0.1, 0.15) is 124 Å². The van der Waals surface area contributed by atoms with Gasteiger partial charge in [-0.1, -0.05) is 77.3 Å². The van der Waals surface area contributed by atoms with E-state index >= 15 is 0 Å². The lowest BCUT2D eigenvalue weighted by molar-refractivity contribution is -0.137. The van der Waals surface area contributed by atoms with E-state index in [1.807, 2.05) is 0 Å². The Morgan fingerprint density at radius 2 is 1.06 bits per heavy atom. The van der Waals surface area contributed by atoms with Crippen molar-refractivity contribution in [2.75, 3.05) is 39.3 Å². The number of hydrogen-bond donors (Lipinski definition) is 18. The van der Waals surface area contributed by atoms with Gasteiger partial charge in [-0.15, -0.1) is 0 Å². The smallest absolute Gasteiger partial charge is 0.245 e. The molecule has 1 aromatic carbocycles. The Bertz CT molecular complexity index is 2320. The highest BCUT2D eigenvalue weighted by molar-refractivity contribution is 5.99. The minimum absolute atomic E-state index is 0.0173. The zero-order valence-corrected chi connectivity index (χ0v) is 50.2. The first-order valence-corrected chi connectivity index (χ1v) is 29.5. The van der Waals surface area contributed by atoms with Crippen molar-refractivity contribution < 1.29 is 63.0 Å². The molecular weight excluding hydrogens is 1100 g/mol. The highest BCUT2D eigenvalue weighted by atomic mass is 16.3. The molecule has 0 saturated carbocycles. The Hall–Kier alpha value is -6.89. The van der Waals surface area contributed by atoms with Crippen LogP contribution in [0.3, 0.4) is 0 Å². The standard InChI is InChI=1S/C56H98N16O13/c1-7-32(4)13-11-12-16-44(75)63-36(17-23-57)51(80)72-46(34(6)74)56(85)68-39(20-26-60)48(77)67-41-22-28-62-55(84)45(33(5)73)71-52(81)40(21-27-61)65-47(76)37(18-24-58)66-53(82)42(29-31(2)3)69-54(83)43(30-35-14-9-8-10-15-35)70-49(78)38(19-25-59)64-50(41)79/h8-10,14-15,31-34,36-43,45-46,73-74H,7,11-13,16-30,57-61H2,1-6H3,(H,62,84)(H,63,75)(H,64,79)(H,65,76)(H,66,82)(H,67,77)(H,68,85)(H,69,83)(H,70,78)(H,71,81)(H,72,80)/t32?,33?,34?,36-,37?,38-,39-,40-,41?,42-,43+,45-,46-/m0/s1. The number of carbonyl (C=O) groups excluding carboxylic acids is 11. The molecule has 0 radical (unpaired) electrons. The van der Waals surface area contributed by atoms with E-state index in [4.69, 9.17) is 28.7 Å². The van der Waals surface area contributed by atoms with Gasteiger partial charge >= 0.3 is 0 Å². The van der Waals surface area contributed by atoms with Crippen molar-refractivity contribution in [3.63, 3.8) is 0 Å². The van der Waals surface area contributed by atoms with Crippen LogP contribution in [0.25, 0.3) is 0 Å². The van der Waals surface area contributed by atoms with Crippen molar-refractivity contribution in [1.29, 1.82) is 0 Å². The van der Waals surface area contributed by atoms with Gasteiger partial charge in [0, 0.05) is 19.4 Å². The van der Waals surface area contributed by atoms with Crippen molar-refractivity contribution in [2.24, 2.45) is 40.5 Å². The highest BCUT2D eigenvalue weighted by Crippen LogP contribution is 2.14. The monoisotopic (exact) mass is 1200 g/mol. The molecule has 1 saturated heterocycles. The molecule has 5 unspecified atom stereocenters. The van der Waals surface area contributed by atoms with Crippen LogP contribution in [0.4, 0.5) is 0 Å². The van der Waals surface area contributed by atoms with Gasteiger partial charge < -0.3 is 97.4 Å². The summed E-state index contributed by atoms with van der Waals surface area (Å²) in [5.41, 5.74) is 29.9. The number of nitrogens with one attached hydrogen (secondary N) is 11. The first-order valence-electron chi connectivity index (χ1n) is 29.5. The Labute approximate surface area is 498 Å². The lowest BCUT2D eigenvalue weighted by Crippen LogP contribution is -2.62. The fourth-order valence-corrected chi connectivity index (χ4v) is 9.12. The zero-order chi connectivity index (χ0) is 63.8. The number of aliphatic hydroxyl groups is 2. The second-order valence-electron chi connectivity index (χ2n) is 22.0. The third-order valence-corrected chi connectivity index (χ3v) is 14.3. The zero-order valence-electron chi connectivity index (χ0n) is 50.2. The number of nitrogens with two attached hydrogens (primary N) is 5. The molecule has 480 valence electrons. The maximum Gasteiger partial charge on any atom is 0.245 e. The molecule has 1 heterocycles. The molecule has 0 spiro atoms. The topological polar surface area (TPSA) is 491 Å². The summed E-state index contributed by atoms with van der Waals surface area (Å²) in [5.74, 6) is -9.45. The highest BCUT2D eigenvalue weighted by Gasteiger charge is 2.37. The Morgan fingerprint density at radius 3 is 1.56 bits per heavy atom. The summed E-state index contributed by atoms with van der Waals surface area (Å²) >= 11 is 0. The maximum atomic E-state index is 14.5. The van der Waals surface area contributed by atoms with Crippen molar-refractivity contribution in [3.05, 3.63) is 35.9 Å². The van der Waals surface area contributed by atoms with Crippen LogP contribution in [-0.4, -0.2) is 187 Å². The lowest BCUT2D eigenvalue weighted by atomic mass is 10.00. The normalized spacial score (nSPS) is 22.9.